The van der Waals surface area contributed by atoms with Crippen molar-refractivity contribution in [3.05, 3.63) is 62.2 Å². The molecule has 0 fully saturated rings. The summed E-state index contributed by atoms with van der Waals surface area (Å²) < 4.78 is 41.2. The van der Waals surface area contributed by atoms with Gasteiger partial charge in [-0.2, -0.15) is 0 Å². The molecule has 6 nitrogen and oxygen atoms in total. The van der Waals surface area contributed by atoms with Crippen LogP contribution < -0.4 is 10.4 Å². The third-order valence-corrected chi connectivity index (χ3v) is 5.79. The van der Waals surface area contributed by atoms with Crippen molar-refractivity contribution in [3.63, 3.8) is 0 Å². The van der Waals surface area contributed by atoms with Gasteiger partial charge in [0, 0.05) is 11.1 Å². The number of aromatic amines is 2. The Morgan fingerprint density at radius 1 is 1.08 bits per heavy atom. The minimum absolute atomic E-state index is 0.0485. The van der Waals surface area contributed by atoms with Crippen molar-refractivity contribution in [1.29, 1.82) is 0 Å². The second-order valence-corrected chi connectivity index (χ2v) is 7.95. The molecule has 0 bridgehead atoms. The number of nitrogens with one attached hydrogen (secondary N) is 3. The van der Waals surface area contributed by atoms with Crippen molar-refractivity contribution >= 4 is 44.3 Å². The number of imidazole rings is 1. The Morgan fingerprint density at radius 2 is 1.76 bits per heavy atom. The number of sulfonamides is 1. The molecule has 0 radical (unpaired) electrons. The van der Waals surface area contributed by atoms with Gasteiger partial charge in [0.05, 0.1) is 21.0 Å². The van der Waals surface area contributed by atoms with Gasteiger partial charge in [-0.3, -0.25) is 0 Å². The van der Waals surface area contributed by atoms with Crippen molar-refractivity contribution in [2.45, 2.75) is 17.9 Å². The van der Waals surface area contributed by atoms with E-state index in [1.54, 1.807) is 0 Å². The van der Waals surface area contributed by atoms with E-state index in [0.717, 1.165) is 6.07 Å². The molecule has 0 unspecified atom stereocenters. The quantitative estimate of drug-likeness (QED) is 0.582. The topological polar surface area (TPSA) is 94.8 Å². The molecule has 1 atom stereocenters. The molecule has 25 heavy (non-hydrogen) atoms. The molecule has 3 N–H and O–H groups in total. The Balaban J connectivity index is 1.94. The summed E-state index contributed by atoms with van der Waals surface area (Å²) in [5.41, 5.74) is 0.661. The lowest BCUT2D eigenvalue weighted by molar-refractivity contribution is 0.565. The lowest BCUT2D eigenvalue weighted by atomic mass is 10.1. The molecule has 0 aliphatic carbocycles. The number of H-pyrrole nitrogens is 2. The Morgan fingerprint density at radius 3 is 2.48 bits per heavy atom. The first-order valence-electron chi connectivity index (χ1n) is 7.06. The second kappa shape index (κ2) is 6.45. The molecule has 1 aromatic heterocycles. The van der Waals surface area contributed by atoms with E-state index in [4.69, 9.17) is 23.2 Å². The van der Waals surface area contributed by atoms with Crippen LogP contribution in [0.2, 0.25) is 10.0 Å². The zero-order valence-corrected chi connectivity index (χ0v) is 15.1. The first-order chi connectivity index (χ1) is 11.7. The van der Waals surface area contributed by atoms with Crippen LogP contribution in [0.15, 0.2) is 40.0 Å². The summed E-state index contributed by atoms with van der Waals surface area (Å²) >= 11 is 11.7. The molecule has 0 aliphatic heterocycles. The molecular weight excluding hydrogens is 392 g/mol. The van der Waals surface area contributed by atoms with E-state index < -0.39 is 27.6 Å². The summed E-state index contributed by atoms with van der Waals surface area (Å²) in [5.74, 6) is -0.696. The molecule has 2 aromatic carbocycles. The zero-order chi connectivity index (χ0) is 18.4. The number of hydrogen-bond acceptors (Lipinski definition) is 3. The summed E-state index contributed by atoms with van der Waals surface area (Å²) in [5, 5.41) is -0.00214. The number of hydrogen-bond donors (Lipinski definition) is 3. The molecule has 0 saturated heterocycles. The number of aromatic nitrogens is 2. The van der Waals surface area contributed by atoms with E-state index in [1.165, 1.54) is 31.2 Å². The third kappa shape index (κ3) is 3.57. The molecule has 3 aromatic rings. The average molecular weight is 404 g/mol. The van der Waals surface area contributed by atoms with Gasteiger partial charge in [-0.15, -0.1) is 0 Å². The van der Waals surface area contributed by atoms with Gasteiger partial charge in [0.15, 0.2) is 0 Å². The molecule has 0 amide bonds. The summed E-state index contributed by atoms with van der Waals surface area (Å²) in [4.78, 5) is 16.2. The van der Waals surface area contributed by atoms with Crippen LogP contribution >= 0.6 is 23.2 Å². The fourth-order valence-electron chi connectivity index (χ4n) is 2.41. The standard InChI is InChI=1S/C15H12Cl2FN3O3S/c1-7(9-5-12(18)11(17)6-10(9)16)21-25(23,24)8-2-3-13-14(4-8)20-15(22)19-13/h2-7,21H,1H3,(H2,19,20,22)/t7-/m0/s1. The van der Waals surface area contributed by atoms with Gasteiger partial charge in [-0.25, -0.2) is 22.3 Å². The third-order valence-electron chi connectivity index (χ3n) is 3.64. The SMILES string of the molecule is C[C@H](NS(=O)(=O)c1ccc2[nH]c(=O)[nH]c2c1)c1cc(F)c(Cl)cc1Cl. The van der Waals surface area contributed by atoms with Gasteiger partial charge >= 0.3 is 5.69 Å². The van der Waals surface area contributed by atoms with Crippen LogP contribution in [0.3, 0.4) is 0 Å². The number of halogens is 3. The number of rotatable bonds is 4. The van der Waals surface area contributed by atoms with E-state index in [0.29, 0.717) is 11.0 Å². The monoisotopic (exact) mass is 403 g/mol. The molecule has 3 rings (SSSR count). The highest BCUT2D eigenvalue weighted by atomic mass is 35.5. The Labute approximate surface area is 152 Å². The van der Waals surface area contributed by atoms with Gasteiger partial charge in [0.1, 0.15) is 5.82 Å². The van der Waals surface area contributed by atoms with Crippen LogP contribution in [0.25, 0.3) is 11.0 Å². The Bertz CT molecular complexity index is 1120. The Kier molecular flexibility index (Phi) is 4.63. The summed E-state index contributed by atoms with van der Waals surface area (Å²) in [6.45, 7) is 1.53. The van der Waals surface area contributed by atoms with E-state index in [2.05, 4.69) is 14.7 Å². The van der Waals surface area contributed by atoms with Crippen LogP contribution in [0.1, 0.15) is 18.5 Å². The molecule has 0 saturated carbocycles. The summed E-state index contributed by atoms with van der Waals surface area (Å²) in [6.07, 6.45) is 0. The molecule has 0 spiro atoms. The molecule has 1 heterocycles. The molecular formula is C15H12Cl2FN3O3S. The van der Waals surface area contributed by atoms with E-state index in [9.17, 15) is 17.6 Å². The van der Waals surface area contributed by atoms with Crippen molar-refractivity contribution in [1.82, 2.24) is 14.7 Å². The normalized spacial score (nSPS) is 13.3. The first-order valence-corrected chi connectivity index (χ1v) is 9.30. The predicted octanol–water partition coefficient (Wildman–Crippen LogP) is 3.34. The van der Waals surface area contributed by atoms with Gasteiger partial charge in [0.2, 0.25) is 10.0 Å². The second-order valence-electron chi connectivity index (χ2n) is 5.42. The average Bonchev–Trinajstić information content (AvgIpc) is 2.89. The minimum atomic E-state index is -3.93. The highest BCUT2D eigenvalue weighted by Crippen LogP contribution is 2.29. The lowest BCUT2D eigenvalue weighted by Crippen LogP contribution is -2.27. The van der Waals surface area contributed by atoms with E-state index in [1.807, 2.05) is 0 Å². The van der Waals surface area contributed by atoms with Crippen molar-refractivity contribution < 1.29 is 12.8 Å². The van der Waals surface area contributed by atoms with Crippen LogP contribution in [-0.2, 0) is 10.0 Å². The van der Waals surface area contributed by atoms with Gasteiger partial charge < -0.3 is 9.97 Å². The van der Waals surface area contributed by atoms with Crippen molar-refractivity contribution in [2.75, 3.05) is 0 Å². The van der Waals surface area contributed by atoms with Gasteiger partial charge in [-0.1, -0.05) is 23.2 Å². The first kappa shape index (κ1) is 17.9. The molecule has 0 aliphatic rings. The minimum Gasteiger partial charge on any atom is -0.306 e. The van der Waals surface area contributed by atoms with E-state index >= 15 is 0 Å². The van der Waals surface area contributed by atoms with E-state index in [-0.39, 0.29) is 20.5 Å². The maximum Gasteiger partial charge on any atom is 0.323 e. The maximum atomic E-state index is 13.6. The largest absolute Gasteiger partial charge is 0.323 e. The molecule has 10 heteroatoms. The van der Waals surface area contributed by atoms with Gasteiger partial charge in [-0.05, 0) is 42.8 Å². The summed E-state index contributed by atoms with van der Waals surface area (Å²) in [7, 11) is -3.93. The fraction of sp³-hybridized carbons (Fsp3) is 0.133. The lowest BCUT2D eigenvalue weighted by Gasteiger charge is -2.16. The maximum absolute atomic E-state index is 13.6. The Hall–Kier alpha value is -1.87. The fourth-order valence-corrected chi connectivity index (χ4v) is 4.21. The van der Waals surface area contributed by atoms with Crippen molar-refractivity contribution in [3.8, 4) is 0 Å². The van der Waals surface area contributed by atoms with Gasteiger partial charge in [0.25, 0.3) is 0 Å². The zero-order valence-electron chi connectivity index (χ0n) is 12.7. The van der Waals surface area contributed by atoms with Crippen LogP contribution in [0.5, 0.6) is 0 Å². The van der Waals surface area contributed by atoms with Crippen LogP contribution in [0.4, 0.5) is 4.39 Å². The highest BCUT2D eigenvalue weighted by molar-refractivity contribution is 7.89. The summed E-state index contributed by atoms with van der Waals surface area (Å²) in [6, 6.07) is 5.66. The smallest absolute Gasteiger partial charge is 0.306 e. The highest BCUT2D eigenvalue weighted by Gasteiger charge is 2.21. The number of benzene rings is 2. The molecule has 132 valence electrons. The van der Waals surface area contributed by atoms with Crippen LogP contribution in [-0.4, -0.2) is 18.4 Å². The van der Waals surface area contributed by atoms with Crippen molar-refractivity contribution in [2.24, 2.45) is 0 Å². The van der Waals surface area contributed by atoms with Crippen LogP contribution in [0, 0.1) is 5.82 Å². The number of fused-ring (bicyclic) bond motifs is 1. The predicted molar refractivity (Wildman–Crippen MR) is 94.1 cm³/mol.